The molecular formula is C52H37NS. The van der Waals surface area contributed by atoms with Crippen LogP contribution in [0.5, 0.6) is 0 Å². The van der Waals surface area contributed by atoms with Crippen LogP contribution in [0.2, 0.25) is 0 Å². The zero-order valence-corrected chi connectivity index (χ0v) is 31.1. The van der Waals surface area contributed by atoms with Crippen molar-refractivity contribution < 1.29 is 0 Å². The van der Waals surface area contributed by atoms with Crippen molar-refractivity contribution in [1.82, 2.24) is 0 Å². The zero-order valence-electron chi connectivity index (χ0n) is 30.3. The summed E-state index contributed by atoms with van der Waals surface area (Å²) in [6.45, 7) is 4.72. The van der Waals surface area contributed by atoms with Gasteiger partial charge < -0.3 is 4.90 Å². The first-order valence-electron chi connectivity index (χ1n) is 18.9. The maximum Gasteiger partial charge on any atom is 0.0727 e. The topological polar surface area (TPSA) is 3.24 Å². The maximum atomic E-state index is 2.47. The summed E-state index contributed by atoms with van der Waals surface area (Å²) in [6, 6.07) is 70.0. The third-order valence-electron chi connectivity index (χ3n) is 12.1. The van der Waals surface area contributed by atoms with Crippen LogP contribution in [0.3, 0.4) is 0 Å². The molecule has 0 saturated carbocycles. The largest absolute Gasteiger partial charge is 0.310 e. The summed E-state index contributed by atoms with van der Waals surface area (Å²) in [6.07, 6.45) is 0. The number of thiophene rings is 1. The minimum absolute atomic E-state index is 0.0829. The minimum atomic E-state index is -0.446. The lowest BCUT2D eigenvalue weighted by molar-refractivity contribution is 0.660. The Kier molecular flexibility index (Phi) is 6.75. The summed E-state index contributed by atoms with van der Waals surface area (Å²) < 4.78 is 2.63. The second kappa shape index (κ2) is 11.6. The lowest BCUT2D eigenvalue weighted by Crippen LogP contribution is -2.28. The van der Waals surface area contributed by atoms with Gasteiger partial charge in [-0.15, -0.1) is 11.3 Å². The van der Waals surface area contributed by atoms with Gasteiger partial charge in [0.25, 0.3) is 0 Å². The molecule has 0 radical (unpaired) electrons. The number of nitrogens with zero attached hydrogens (tertiary/aromatic N) is 1. The van der Waals surface area contributed by atoms with Crippen LogP contribution in [-0.2, 0) is 10.8 Å². The first kappa shape index (κ1) is 31.3. The van der Waals surface area contributed by atoms with Crippen LogP contribution in [0.4, 0.5) is 17.1 Å². The van der Waals surface area contributed by atoms with Gasteiger partial charge in [0, 0.05) is 42.5 Å². The smallest absolute Gasteiger partial charge is 0.0727 e. The molecule has 1 heterocycles. The molecule has 256 valence electrons. The molecule has 8 aromatic carbocycles. The second-order valence-electron chi connectivity index (χ2n) is 15.2. The van der Waals surface area contributed by atoms with Crippen molar-refractivity contribution in [2.45, 2.75) is 24.7 Å². The van der Waals surface area contributed by atoms with Gasteiger partial charge in [0.05, 0.1) is 11.1 Å². The number of rotatable bonds is 5. The predicted molar refractivity (Wildman–Crippen MR) is 229 cm³/mol. The van der Waals surface area contributed by atoms with E-state index in [0.717, 1.165) is 11.4 Å². The lowest BCUT2D eigenvalue weighted by Gasteiger charge is -2.34. The van der Waals surface area contributed by atoms with Crippen LogP contribution in [0.15, 0.2) is 188 Å². The Hall–Kier alpha value is -6.22. The van der Waals surface area contributed by atoms with Gasteiger partial charge in [-0.25, -0.2) is 0 Å². The van der Waals surface area contributed by atoms with E-state index >= 15 is 0 Å². The number of anilines is 3. The molecule has 1 aromatic heterocycles. The molecule has 0 atom stereocenters. The normalized spacial score (nSPS) is 14.4. The Balaban J connectivity index is 1.17. The molecule has 2 aliphatic rings. The van der Waals surface area contributed by atoms with E-state index in [1.807, 2.05) is 11.3 Å². The van der Waals surface area contributed by atoms with Crippen LogP contribution in [0, 0.1) is 0 Å². The molecule has 0 spiro atoms. The molecule has 0 fully saturated rings. The van der Waals surface area contributed by atoms with Crippen LogP contribution < -0.4 is 4.90 Å². The van der Waals surface area contributed by atoms with E-state index in [9.17, 15) is 0 Å². The van der Waals surface area contributed by atoms with Crippen molar-refractivity contribution in [1.29, 1.82) is 0 Å². The number of benzene rings is 8. The molecule has 2 heteroatoms. The van der Waals surface area contributed by atoms with E-state index in [-0.39, 0.29) is 5.41 Å². The molecule has 2 aliphatic carbocycles. The fourth-order valence-corrected chi connectivity index (χ4v) is 11.1. The molecule has 1 nitrogen and oxygen atoms in total. The van der Waals surface area contributed by atoms with Crippen LogP contribution in [0.1, 0.15) is 47.2 Å². The van der Waals surface area contributed by atoms with Gasteiger partial charge in [-0.05, 0) is 86.5 Å². The number of para-hydroxylation sites is 1. The Morgan fingerprint density at radius 2 is 1.00 bits per heavy atom. The van der Waals surface area contributed by atoms with E-state index in [0.29, 0.717) is 0 Å². The minimum Gasteiger partial charge on any atom is -0.310 e. The van der Waals surface area contributed by atoms with Gasteiger partial charge in [-0.1, -0.05) is 166 Å². The SMILES string of the molecule is CC1(C)c2ccccc2-c2c(N(c3ccccc3)c3ccc4sc5c(C6(c7ccccc7)c7ccccc7-c7ccccc76)cccc5c4c3)cccc21. The second-order valence-corrected chi connectivity index (χ2v) is 16.3. The number of fused-ring (bicyclic) bond motifs is 9. The number of hydrogen-bond acceptors (Lipinski definition) is 2. The van der Waals surface area contributed by atoms with Crippen molar-refractivity contribution in [2.75, 3.05) is 4.90 Å². The Morgan fingerprint density at radius 1 is 0.426 bits per heavy atom. The third kappa shape index (κ3) is 4.20. The van der Waals surface area contributed by atoms with E-state index in [1.54, 1.807) is 0 Å². The highest BCUT2D eigenvalue weighted by molar-refractivity contribution is 7.26. The summed E-state index contributed by atoms with van der Waals surface area (Å²) >= 11 is 1.92. The lowest BCUT2D eigenvalue weighted by atomic mass is 9.67. The van der Waals surface area contributed by atoms with E-state index in [4.69, 9.17) is 0 Å². The van der Waals surface area contributed by atoms with Gasteiger partial charge in [-0.3, -0.25) is 0 Å². The molecule has 0 saturated heterocycles. The fraction of sp³-hybridized carbons (Fsp3) is 0.0769. The quantitative estimate of drug-likeness (QED) is 0.172. The van der Waals surface area contributed by atoms with Gasteiger partial charge in [0.15, 0.2) is 0 Å². The molecule has 0 N–H and O–H groups in total. The van der Waals surface area contributed by atoms with Gasteiger partial charge in [0.1, 0.15) is 0 Å². The van der Waals surface area contributed by atoms with Crippen molar-refractivity contribution in [3.8, 4) is 22.3 Å². The molecule has 0 amide bonds. The molecule has 0 bridgehead atoms. The zero-order chi connectivity index (χ0) is 36.0. The Bertz CT molecular complexity index is 2870. The van der Waals surface area contributed by atoms with Crippen LogP contribution in [-0.4, -0.2) is 0 Å². The van der Waals surface area contributed by atoms with Crippen molar-refractivity contribution in [3.63, 3.8) is 0 Å². The first-order valence-corrected chi connectivity index (χ1v) is 19.7. The summed E-state index contributed by atoms with van der Waals surface area (Å²) in [5, 5.41) is 2.58. The van der Waals surface area contributed by atoms with Crippen LogP contribution in [0.25, 0.3) is 42.4 Å². The summed E-state index contributed by atoms with van der Waals surface area (Å²) in [4.78, 5) is 2.47. The van der Waals surface area contributed by atoms with Crippen molar-refractivity contribution in [3.05, 3.63) is 221 Å². The van der Waals surface area contributed by atoms with E-state index < -0.39 is 5.41 Å². The molecule has 0 unspecified atom stereocenters. The van der Waals surface area contributed by atoms with Crippen molar-refractivity contribution in [2.24, 2.45) is 0 Å². The van der Waals surface area contributed by atoms with Gasteiger partial charge in [-0.2, -0.15) is 0 Å². The Morgan fingerprint density at radius 3 is 1.72 bits per heavy atom. The summed E-state index contributed by atoms with van der Waals surface area (Å²) in [5.41, 5.74) is 16.3. The van der Waals surface area contributed by atoms with Gasteiger partial charge in [0.2, 0.25) is 0 Å². The number of hydrogen-bond donors (Lipinski definition) is 0. The first-order chi connectivity index (χ1) is 26.6. The van der Waals surface area contributed by atoms with Crippen LogP contribution >= 0.6 is 11.3 Å². The third-order valence-corrected chi connectivity index (χ3v) is 13.4. The standard InChI is InChI=1S/C52H37NS/c1-51(2)42-25-12-11-23-40(42)49-45(51)28-16-30-47(49)53(35-19-7-4-8-20-35)36-31-32-48-41(33-36)39-24-15-29-46(50(39)54-48)52(34-17-5-3-6-18-34)43-26-13-9-21-37(43)38-22-10-14-27-44(38)52/h3-33H,1-2H3. The predicted octanol–water partition coefficient (Wildman–Crippen LogP) is 14.2. The average molecular weight is 708 g/mol. The summed E-state index contributed by atoms with van der Waals surface area (Å²) in [7, 11) is 0. The molecule has 54 heavy (non-hydrogen) atoms. The van der Waals surface area contributed by atoms with Gasteiger partial charge >= 0.3 is 0 Å². The molecule has 9 aromatic rings. The van der Waals surface area contributed by atoms with Crippen molar-refractivity contribution >= 4 is 48.6 Å². The molecule has 0 aliphatic heterocycles. The van der Waals surface area contributed by atoms with E-state index in [1.165, 1.54) is 81.5 Å². The Labute approximate surface area is 320 Å². The summed E-state index contributed by atoms with van der Waals surface area (Å²) in [5.74, 6) is 0. The van der Waals surface area contributed by atoms with E-state index in [2.05, 4.69) is 207 Å². The molecular weight excluding hydrogens is 671 g/mol. The highest BCUT2D eigenvalue weighted by Gasteiger charge is 2.47. The highest BCUT2D eigenvalue weighted by atomic mass is 32.1. The monoisotopic (exact) mass is 707 g/mol. The highest BCUT2D eigenvalue weighted by Crippen LogP contribution is 2.59. The maximum absolute atomic E-state index is 2.47. The average Bonchev–Trinajstić information content (AvgIpc) is 3.83. The molecule has 11 rings (SSSR count). The fourth-order valence-electron chi connectivity index (χ4n) is 9.83.